The van der Waals surface area contributed by atoms with Crippen LogP contribution in [-0.2, 0) is 4.79 Å². The van der Waals surface area contributed by atoms with E-state index in [2.05, 4.69) is 5.32 Å². The average molecular weight is 229 g/mol. The number of aliphatic hydroxyl groups excluding tert-OH is 1. The molecule has 0 amide bonds. The number of hydrogen-bond acceptors (Lipinski definition) is 3. The Morgan fingerprint density at radius 2 is 1.94 bits per heavy atom. The molecule has 94 valence electrons. The molecule has 4 nitrogen and oxygen atoms in total. The van der Waals surface area contributed by atoms with Gasteiger partial charge in [-0.3, -0.25) is 4.79 Å². The number of hydrogen-bond donors (Lipinski definition) is 3. The third kappa shape index (κ3) is 2.38. The van der Waals surface area contributed by atoms with Crippen LogP contribution >= 0.6 is 0 Å². The zero-order chi connectivity index (χ0) is 12.6. The van der Waals surface area contributed by atoms with Crippen LogP contribution in [0.3, 0.4) is 0 Å². The summed E-state index contributed by atoms with van der Waals surface area (Å²) in [7, 11) is 0. The highest BCUT2D eigenvalue weighted by molar-refractivity contribution is 5.76. The smallest absolute Gasteiger partial charge is 0.312 e. The first kappa shape index (κ1) is 13.5. The molecule has 1 aliphatic rings. The second-order valence-corrected chi connectivity index (χ2v) is 5.89. The van der Waals surface area contributed by atoms with Crippen molar-refractivity contribution >= 4 is 5.97 Å². The maximum atomic E-state index is 11.5. The van der Waals surface area contributed by atoms with Crippen molar-refractivity contribution in [2.24, 2.45) is 11.3 Å². The minimum atomic E-state index is -0.997. The molecule has 2 atom stereocenters. The van der Waals surface area contributed by atoms with Crippen molar-refractivity contribution in [2.45, 2.75) is 52.2 Å². The molecule has 0 aromatic rings. The molecule has 1 rings (SSSR count). The molecule has 0 spiro atoms. The standard InChI is InChI=1S/C12H23NO3/c1-8(2)9(14)12(10(15)16)5-6-13-11(3,4)7-12/h8-9,13-14H,5-7H2,1-4H3,(H,15,16). The van der Waals surface area contributed by atoms with E-state index in [0.29, 0.717) is 19.4 Å². The number of aliphatic hydroxyl groups is 1. The van der Waals surface area contributed by atoms with Gasteiger partial charge in [-0.05, 0) is 39.2 Å². The number of rotatable bonds is 3. The number of nitrogens with one attached hydrogen (secondary N) is 1. The van der Waals surface area contributed by atoms with Crippen LogP contribution in [0, 0.1) is 11.3 Å². The molecule has 0 aromatic heterocycles. The van der Waals surface area contributed by atoms with E-state index in [1.54, 1.807) is 0 Å². The van der Waals surface area contributed by atoms with Gasteiger partial charge in [-0.2, -0.15) is 0 Å². The molecule has 0 aliphatic carbocycles. The fourth-order valence-electron chi connectivity index (χ4n) is 2.76. The largest absolute Gasteiger partial charge is 0.481 e. The SMILES string of the molecule is CC(C)C(O)C1(C(=O)O)CCNC(C)(C)C1. The van der Waals surface area contributed by atoms with Crippen LogP contribution in [0.25, 0.3) is 0 Å². The Bertz CT molecular complexity index is 275. The van der Waals surface area contributed by atoms with Gasteiger partial charge in [0.25, 0.3) is 0 Å². The van der Waals surface area contributed by atoms with E-state index in [1.807, 2.05) is 27.7 Å². The Hall–Kier alpha value is -0.610. The van der Waals surface area contributed by atoms with Crippen LogP contribution < -0.4 is 5.32 Å². The predicted molar refractivity (Wildman–Crippen MR) is 62.2 cm³/mol. The van der Waals surface area contributed by atoms with Crippen LogP contribution in [0.5, 0.6) is 0 Å². The van der Waals surface area contributed by atoms with E-state index in [0.717, 1.165) is 0 Å². The fourth-order valence-corrected chi connectivity index (χ4v) is 2.76. The number of aliphatic carboxylic acids is 1. The summed E-state index contributed by atoms with van der Waals surface area (Å²) in [6, 6.07) is 0. The maximum absolute atomic E-state index is 11.5. The van der Waals surface area contributed by atoms with E-state index in [9.17, 15) is 15.0 Å². The highest BCUT2D eigenvalue weighted by Crippen LogP contribution is 2.41. The highest BCUT2D eigenvalue weighted by atomic mass is 16.4. The summed E-state index contributed by atoms with van der Waals surface area (Å²) in [5.41, 5.74) is -1.23. The summed E-state index contributed by atoms with van der Waals surface area (Å²) in [4.78, 5) is 11.5. The minimum absolute atomic E-state index is 0.0370. The number of piperidine rings is 1. The van der Waals surface area contributed by atoms with Crippen molar-refractivity contribution in [1.82, 2.24) is 5.32 Å². The van der Waals surface area contributed by atoms with Crippen molar-refractivity contribution in [1.29, 1.82) is 0 Å². The topological polar surface area (TPSA) is 69.6 Å². The number of carbonyl (C=O) groups is 1. The quantitative estimate of drug-likeness (QED) is 0.681. The average Bonchev–Trinajstić information content (AvgIpc) is 2.14. The second kappa shape index (κ2) is 4.34. The molecular formula is C12H23NO3. The van der Waals surface area contributed by atoms with E-state index in [4.69, 9.17) is 0 Å². The zero-order valence-corrected chi connectivity index (χ0v) is 10.6. The Kier molecular flexibility index (Phi) is 3.65. The number of carboxylic acid groups (broad SMARTS) is 1. The predicted octanol–water partition coefficient (Wildman–Crippen LogP) is 1.24. The molecule has 0 bridgehead atoms. The van der Waals surface area contributed by atoms with Crippen LogP contribution in [0.1, 0.15) is 40.5 Å². The van der Waals surface area contributed by atoms with E-state index < -0.39 is 17.5 Å². The molecule has 16 heavy (non-hydrogen) atoms. The molecule has 0 saturated carbocycles. The first-order valence-electron chi connectivity index (χ1n) is 5.88. The Labute approximate surface area is 97.0 Å². The molecule has 1 fully saturated rings. The van der Waals surface area contributed by atoms with Gasteiger partial charge in [0, 0.05) is 5.54 Å². The summed E-state index contributed by atoms with van der Waals surface area (Å²) in [5.74, 6) is -0.909. The first-order valence-corrected chi connectivity index (χ1v) is 5.88. The van der Waals surface area contributed by atoms with Gasteiger partial charge in [0.05, 0.1) is 11.5 Å². The maximum Gasteiger partial charge on any atom is 0.312 e. The zero-order valence-electron chi connectivity index (χ0n) is 10.6. The first-order chi connectivity index (χ1) is 7.21. The third-order valence-corrected chi connectivity index (χ3v) is 3.56. The molecule has 1 heterocycles. The van der Waals surface area contributed by atoms with Gasteiger partial charge < -0.3 is 15.5 Å². The van der Waals surface area contributed by atoms with Gasteiger partial charge in [-0.15, -0.1) is 0 Å². The lowest BCUT2D eigenvalue weighted by Gasteiger charge is -2.46. The normalized spacial score (nSPS) is 31.4. The summed E-state index contributed by atoms with van der Waals surface area (Å²) in [6.45, 7) is 8.34. The van der Waals surface area contributed by atoms with E-state index >= 15 is 0 Å². The van der Waals surface area contributed by atoms with Gasteiger partial charge >= 0.3 is 5.97 Å². The van der Waals surface area contributed by atoms with E-state index in [-0.39, 0.29) is 11.5 Å². The molecule has 1 aliphatic heterocycles. The van der Waals surface area contributed by atoms with Gasteiger partial charge in [0.1, 0.15) is 0 Å². The van der Waals surface area contributed by atoms with Crippen LogP contribution in [0.2, 0.25) is 0 Å². The Balaban J connectivity index is 3.01. The molecule has 0 aromatic carbocycles. The van der Waals surface area contributed by atoms with Crippen molar-refractivity contribution in [3.8, 4) is 0 Å². The van der Waals surface area contributed by atoms with Gasteiger partial charge in [-0.1, -0.05) is 13.8 Å². The minimum Gasteiger partial charge on any atom is -0.481 e. The summed E-state index contributed by atoms with van der Waals surface area (Å²) in [6.07, 6.45) is 0.172. The lowest BCUT2D eigenvalue weighted by Crippen LogP contribution is -2.58. The molecule has 3 N–H and O–H groups in total. The van der Waals surface area contributed by atoms with E-state index in [1.165, 1.54) is 0 Å². The van der Waals surface area contributed by atoms with Crippen molar-refractivity contribution < 1.29 is 15.0 Å². The van der Waals surface area contributed by atoms with Crippen molar-refractivity contribution in [2.75, 3.05) is 6.54 Å². The monoisotopic (exact) mass is 229 g/mol. The summed E-state index contributed by atoms with van der Waals surface area (Å²) in [5, 5.41) is 22.9. The lowest BCUT2D eigenvalue weighted by molar-refractivity contribution is -0.165. The fraction of sp³-hybridized carbons (Fsp3) is 0.917. The highest BCUT2D eigenvalue weighted by Gasteiger charge is 2.51. The molecule has 0 radical (unpaired) electrons. The lowest BCUT2D eigenvalue weighted by atomic mass is 9.66. The van der Waals surface area contributed by atoms with Crippen LogP contribution in [-0.4, -0.2) is 34.4 Å². The second-order valence-electron chi connectivity index (χ2n) is 5.89. The Morgan fingerprint density at radius 1 is 1.38 bits per heavy atom. The molecule has 2 unspecified atom stereocenters. The molecule has 4 heteroatoms. The Morgan fingerprint density at radius 3 is 2.31 bits per heavy atom. The number of carboxylic acids is 1. The van der Waals surface area contributed by atoms with Gasteiger partial charge in [0.15, 0.2) is 0 Å². The third-order valence-electron chi connectivity index (χ3n) is 3.56. The van der Waals surface area contributed by atoms with Gasteiger partial charge in [-0.25, -0.2) is 0 Å². The van der Waals surface area contributed by atoms with Gasteiger partial charge in [0.2, 0.25) is 0 Å². The summed E-state index contributed by atoms with van der Waals surface area (Å²) < 4.78 is 0. The van der Waals surface area contributed by atoms with Crippen molar-refractivity contribution in [3.63, 3.8) is 0 Å². The van der Waals surface area contributed by atoms with Crippen LogP contribution in [0.4, 0.5) is 0 Å². The van der Waals surface area contributed by atoms with Crippen molar-refractivity contribution in [3.05, 3.63) is 0 Å². The van der Waals surface area contributed by atoms with Crippen LogP contribution in [0.15, 0.2) is 0 Å². The summed E-state index contributed by atoms with van der Waals surface area (Å²) >= 11 is 0. The molecule has 1 saturated heterocycles. The molecular weight excluding hydrogens is 206 g/mol.